The van der Waals surface area contributed by atoms with Gasteiger partial charge in [-0.15, -0.1) is 11.3 Å². The number of phenols is 1. The lowest BCUT2D eigenvalue weighted by atomic mass is 9.94. The molecule has 8 heteroatoms. The lowest BCUT2D eigenvalue weighted by Crippen LogP contribution is -2.46. The van der Waals surface area contributed by atoms with Gasteiger partial charge >= 0.3 is 0 Å². The molecule has 4 rings (SSSR count). The number of aromatic nitrogens is 1. The molecule has 3 N–H and O–H groups in total. The number of rotatable bonds is 5. The highest BCUT2D eigenvalue weighted by atomic mass is 32.1. The molecule has 1 aliphatic carbocycles. The third-order valence-electron chi connectivity index (χ3n) is 6.14. The number of aromatic hydroxyl groups is 1. The van der Waals surface area contributed by atoms with Crippen LogP contribution in [0.5, 0.6) is 5.75 Å². The van der Waals surface area contributed by atoms with E-state index in [1.54, 1.807) is 30.4 Å². The molecule has 1 unspecified atom stereocenters. The first-order valence-corrected chi connectivity index (χ1v) is 11.6. The zero-order valence-corrected chi connectivity index (χ0v) is 18.9. The molecule has 3 atom stereocenters. The van der Waals surface area contributed by atoms with E-state index in [1.807, 2.05) is 18.5 Å². The summed E-state index contributed by atoms with van der Waals surface area (Å²) in [5.41, 5.74) is 4.72. The highest BCUT2D eigenvalue weighted by Gasteiger charge is 2.39. The smallest absolute Gasteiger partial charge is 0.255 e. The summed E-state index contributed by atoms with van der Waals surface area (Å²) < 4.78 is 0. The van der Waals surface area contributed by atoms with Gasteiger partial charge in [-0.3, -0.25) is 9.59 Å². The van der Waals surface area contributed by atoms with Crippen molar-refractivity contribution in [2.75, 3.05) is 13.1 Å². The Morgan fingerprint density at radius 2 is 2.12 bits per heavy atom. The van der Waals surface area contributed by atoms with Crippen molar-refractivity contribution in [1.82, 2.24) is 15.2 Å². The molecule has 2 aliphatic rings. The number of phenolic OH excluding ortho intramolecular Hbond substituents is 1. The fourth-order valence-electron chi connectivity index (χ4n) is 4.26. The Kier molecular flexibility index (Phi) is 6.43. The zero-order chi connectivity index (χ0) is 22.8. The van der Waals surface area contributed by atoms with Crippen LogP contribution >= 0.6 is 11.3 Å². The molecule has 1 saturated heterocycles. The maximum atomic E-state index is 13.1. The van der Waals surface area contributed by atoms with Crippen LogP contribution in [-0.4, -0.2) is 57.1 Å². The Morgan fingerprint density at radius 3 is 2.81 bits per heavy atom. The SMILES string of the molecule is Cc1ncsc1C1C=CC(CNC(=O)[C@@H]2C[C@@H](O)CN2C(=O)c2cccc(O)c2C)=CC1. The van der Waals surface area contributed by atoms with E-state index < -0.39 is 12.1 Å². The Morgan fingerprint density at radius 1 is 1.31 bits per heavy atom. The first kappa shape index (κ1) is 22.2. The molecule has 0 bridgehead atoms. The van der Waals surface area contributed by atoms with Gasteiger partial charge in [0.25, 0.3) is 5.91 Å². The number of hydrogen-bond donors (Lipinski definition) is 3. The Labute approximate surface area is 191 Å². The molecule has 0 radical (unpaired) electrons. The maximum Gasteiger partial charge on any atom is 0.255 e. The Balaban J connectivity index is 1.39. The highest BCUT2D eigenvalue weighted by molar-refractivity contribution is 7.09. The molecule has 0 spiro atoms. The quantitative estimate of drug-likeness (QED) is 0.646. The van der Waals surface area contributed by atoms with Gasteiger partial charge in [-0.05, 0) is 38.0 Å². The molecule has 0 saturated carbocycles. The molecule has 1 aromatic carbocycles. The minimum Gasteiger partial charge on any atom is -0.508 e. The first-order chi connectivity index (χ1) is 15.3. The number of β-amino-alcohol motifs (C(OH)–C–C–N with tert-alkyl or cyclic N) is 1. The van der Waals surface area contributed by atoms with Crippen molar-refractivity contribution in [2.45, 2.75) is 44.8 Å². The number of likely N-dealkylation sites (tertiary alicyclic amines) is 1. The topological polar surface area (TPSA) is 103 Å². The number of hydrogen-bond acceptors (Lipinski definition) is 6. The number of nitrogens with one attached hydrogen (secondary N) is 1. The van der Waals surface area contributed by atoms with E-state index in [1.165, 1.54) is 15.8 Å². The van der Waals surface area contributed by atoms with E-state index >= 15 is 0 Å². The second-order valence-corrected chi connectivity index (χ2v) is 9.20. The van der Waals surface area contributed by atoms with Crippen LogP contribution in [0.3, 0.4) is 0 Å². The second kappa shape index (κ2) is 9.26. The number of aliphatic hydroxyl groups excluding tert-OH is 1. The summed E-state index contributed by atoms with van der Waals surface area (Å²) in [6.45, 7) is 4.13. The van der Waals surface area contributed by atoms with E-state index in [0.717, 1.165) is 17.7 Å². The molecule has 2 aromatic rings. The average molecular weight is 454 g/mol. The van der Waals surface area contributed by atoms with Crippen molar-refractivity contribution >= 4 is 23.2 Å². The minimum atomic E-state index is -0.760. The van der Waals surface area contributed by atoms with Crippen LogP contribution in [-0.2, 0) is 4.79 Å². The lowest BCUT2D eigenvalue weighted by molar-refractivity contribution is -0.124. The third-order valence-corrected chi connectivity index (χ3v) is 7.20. The molecular weight excluding hydrogens is 426 g/mol. The van der Waals surface area contributed by atoms with Gasteiger partial charge in [-0.2, -0.15) is 0 Å². The first-order valence-electron chi connectivity index (χ1n) is 10.7. The van der Waals surface area contributed by atoms with Crippen LogP contribution in [0, 0.1) is 13.8 Å². The van der Waals surface area contributed by atoms with E-state index in [4.69, 9.17) is 0 Å². The highest BCUT2D eigenvalue weighted by Crippen LogP contribution is 2.31. The number of carbonyl (C=O) groups is 2. The van der Waals surface area contributed by atoms with Gasteiger partial charge < -0.3 is 20.4 Å². The molecule has 1 aromatic heterocycles. The molecule has 168 valence electrons. The maximum absolute atomic E-state index is 13.1. The summed E-state index contributed by atoms with van der Waals surface area (Å²) in [6.07, 6.45) is 6.57. The number of nitrogens with zero attached hydrogens (tertiary/aromatic N) is 2. The Bertz CT molecular complexity index is 1090. The van der Waals surface area contributed by atoms with Gasteiger partial charge in [0.2, 0.25) is 5.91 Å². The van der Waals surface area contributed by atoms with Crippen LogP contribution < -0.4 is 5.32 Å². The summed E-state index contributed by atoms with van der Waals surface area (Å²) in [5.74, 6) is -0.318. The molecule has 2 heterocycles. The second-order valence-electron chi connectivity index (χ2n) is 8.31. The summed E-state index contributed by atoms with van der Waals surface area (Å²) >= 11 is 1.66. The van der Waals surface area contributed by atoms with Crippen molar-refractivity contribution in [1.29, 1.82) is 0 Å². The monoisotopic (exact) mass is 453 g/mol. The fourth-order valence-corrected chi connectivity index (χ4v) is 5.16. The van der Waals surface area contributed by atoms with Crippen LogP contribution in [0.25, 0.3) is 0 Å². The van der Waals surface area contributed by atoms with Crippen LogP contribution in [0.2, 0.25) is 0 Å². The summed E-state index contributed by atoms with van der Waals surface area (Å²) in [7, 11) is 0. The van der Waals surface area contributed by atoms with E-state index in [2.05, 4.69) is 22.5 Å². The van der Waals surface area contributed by atoms with Crippen molar-refractivity contribution in [3.63, 3.8) is 0 Å². The summed E-state index contributed by atoms with van der Waals surface area (Å²) in [4.78, 5) is 32.9. The predicted octanol–water partition coefficient (Wildman–Crippen LogP) is 2.83. The van der Waals surface area contributed by atoms with Crippen LogP contribution in [0.15, 0.2) is 47.5 Å². The lowest BCUT2D eigenvalue weighted by Gasteiger charge is -2.25. The number of allylic oxidation sites excluding steroid dienone is 2. The zero-order valence-electron chi connectivity index (χ0n) is 18.1. The third kappa shape index (κ3) is 4.47. The number of benzene rings is 1. The number of aliphatic hydroxyl groups is 1. The van der Waals surface area contributed by atoms with Crippen molar-refractivity contribution in [2.24, 2.45) is 0 Å². The van der Waals surface area contributed by atoms with E-state index in [-0.39, 0.29) is 30.5 Å². The molecule has 32 heavy (non-hydrogen) atoms. The van der Waals surface area contributed by atoms with Gasteiger partial charge in [0.05, 0.1) is 17.3 Å². The molecule has 1 fully saturated rings. The van der Waals surface area contributed by atoms with Crippen LogP contribution in [0.4, 0.5) is 0 Å². The Hall–Kier alpha value is -2.97. The van der Waals surface area contributed by atoms with Gasteiger partial charge in [0.15, 0.2) is 0 Å². The average Bonchev–Trinajstić information content (AvgIpc) is 3.39. The molecule has 7 nitrogen and oxygen atoms in total. The molecule has 1 aliphatic heterocycles. The van der Waals surface area contributed by atoms with Gasteiger partial charge in [-0.1, -0.05) is 24.3 Å². The fraction of sp³-hybridized carbons (Fsp3) is 0.375. The van der Waals surface area contributed by atoms with E-state index in [9.17, 15) is 19.8 Å². The van der Waals surface area contributed by atoms with Crippen LogP contribution in [0.1, 0.15) is 45.3 Å². The normalized spacial score (nSPS) is 22.7. The van der Waals surface area contributed by atoms with Gasteiger partial charge in [0.1, 0.15) is 11.8 Å². The largest absolute Gasteiger partial charge is 0.508 e. The van der Waals surface area contributed by atoms with Crippen molar-refractivity contribution < 1.29 is 19.8 Å². The van der Waals surface area contributed by atoms with Gasteiger partial charge in [0, 0.05) is 41.4 Å². The van der Waals surface area contributed by atoms with Gasteiger partial charge in [-0.25, -0.2) is 4.98 Å². The minimum absolute atomic E-state index is 0.0273. The predicted molar refractivity (Wildman–Crippen MR) is 123 cm³/mol. The van der Waals surface area contributed by atoms with Crippen molar-refractivity contribution in [3.8, 4) is 5.75 Å². The number of aryl methyl sites for hydroxylation is 1. The molecular formula is C24H27N3O4S. The van der Waals surface area contributed by atoms with E-state index in [0.29, 0.717) is 23.6 Å². The number of amides is 2. The van der Waals surface area contributed by atoms with Crippen molar-refractivity contribution in [3.05, 3.63) is 69.2 Å². The summed E-state index contributed by atoms with van der Waals surface area (Å²) in [6, 6.07) is 3.98. The summed E-state index contributed by atoms with van der Waals surface area (Å²) in [5, 5.41) is 23.0. The standard InChI is InChI=1S/C24H27N3O4S/c1-14-19(4-3-5-21(14)29)24(31)27-12-18(28)10-20(27)23(30)25-11-16-6-8-17(9-7-16)22-15(2)26-13-32-22/h3-8,13,17-18,20,28-29H,9-12H2,1-2H3,(H,25,30)/t17?,18-,20+/m1/s1. The number of thiazole rings is 1. The number of carbonyl (C=O) groups excluding carboxylic acids is 2. The molecule has 2 amide bonds.